The molecule has 3 nitrogen and oxygen atoms in total. The van der Waals surface area contributed by atoms with Gasteiger partial charge in [-0.15, -0.1) is 0 Å². The first-order valence-corrected chi connectivity index (χ1v) is 5.98. The Balaban J connectivity index is 2.38. The number of nitrogens with two attached hydrogens (primary N) is 1. The number of ether oxygens (including phenoxy) is 1. The second-order valence-corrected chi connectivity index (χ2v) is 5.40. The molecule has 1 heterocycles. The molecule has 1 saturated heterocycles. The Morgan fingerprint density at radius 2 is 2.20 bits per heavy atom. The van der Waals surface area contributed by atoms with Crippen LogP contribution in [0, 0.1) is 5.92 Å². The number of hydrogen-bond acceptors (Lipinski definition) is 3. The molecule has 1 fully saturated rings. The van der Waals surface area contributed by atoms with E-state index in [0.717, 1.165) is 19.5 Å². The number of hydrogen-bond donors (Lipinski definition) is 1. The fraction of sp³-hybridized carbons (Fsp3) is 1.00. The van der Waals surface area contributed by atoms with Gasteiger partial charge in [0.2, 0.25) is 0 Å². The minimum Gasteiger partial charge on any atom is -0.379 e. The normalized spacial score (nSPS) is 25.8. The van der Waals surface area contributed by atoms with Crippen molar-refractivity contribution in [1.29, 1.82) is 0 Å². The molecule has 0 aliphatic carbocycles. The van der Waals surface area contributed by atoms with Crippen molar-refractivity contribution >= 4 is 0 Å². The highest BCUT2D eigenvalue weighted by molar-refractivity contribution is 4.83. The monoisotopic (exact) mass is 214 g/mol. The third kappa shape index (κ3) is 3.74. The van der Waals surface area contributed by atoms with Crippen molar-refractivity contribution < 1.29 is 4.74 Å². The van der Waals surface area contributed by atoms with Crippen molar-refractivity contribution in [1.82, 2.24) is 4.90 Å². The SMILES string of the molecule is COC(C)(C)CC(C)N1CCC(CN)C1. The zero-order valence-electron chi connectivity index (χ0n) is 10.6. The number of rotatable bonds is 5. The van der Waals surface area contributed by atoms with E-state index in [1.165, 1.54) is 13.0 Å². The lowest BCUT2D eigenvalue weighted by molar-refractivity contribution is -0.00373. The van der Waals surface area contributed by atoms with Gasteiger partial charge in [0, 0.05) is 19.7 Å². The maximum atomic E-state index is 5.70. The van der Waals surface area contributed by atoms with E-state index in [1.54, 1.807) is 7.11 Å². The van der Waals surface area contributed by atoms with E-state index in [1.807, 2.05) is 0 Å². The van der Waals surface area contributed by atoms with Gasteiger partial charge in [0.15, 0.2) is 0 Å². The van der Waals surface area contributed by atoms with Crippen molar-refractivity contribution in [2.75, 3.05) is 26.7 Å². The summed E-state index contributed by atoms with van der Waals surface area (Å²) in [5.41, 5.74) is 5.68. The van der Waals surface area contributed by atoms with Gasteiger partial charge < -0.3 is 15.4 Å². The largest absolute Gasteiger partial charge is 0.379 e. The smallest absolute Gasteiger partial charge is 0.0637 e. The zero-order chi connectivity index (χ0) is 11.5. The van der Waals surface area contributed by atoms with Crippen LogP contribution in [0.1, 0.15) is 33.6 Å². The molecule has 3 heteroatoms. The van der Waals surface area contributed by atoms with Gasteiger partial charge in [-0.2, -0.15) is 0 Å². The third-order valence-corrected chi connectivity index (χ3v) is 3.61. The molecule has 1 rings (SSSR count). The molecular weight excluding hydrogens is 188 g/mol. The Morgan fingerprint density at radius 3 is 2.67 bits per heavy atom. The number of likely N-dealkylation sites (tertiary alicyclic amines) is 1. The second-order valence-electron chi connectivity index (χ2n) is 5.40. The molecule has 0 saturated carbocycles. The van der Waals surface area contributed by atoms with Crippen LogP contribution in [-0.2, 0) is 4.74 Å². The first-order chi connectivity index (χ1) is 6.98. The number of nitrogens with zero attached hydrogens (tertiary/aromatic N) is 1. The average molecular weight is 214 g/mol. The summed E-state index contributed by atoms with van der Waals surface area (Å²) < 4.78 is 5.47. The highest BCUT2D eigenvalue weighted by Crippen LogP contribution is 2.23. The zero-order valence-corrected chi connectivity index (χ0v) is 10.6. The van der Waals surface area contributed by atoms with Crippen LogP contribution in [0.4, 0.5) is 0 Å². The van der Waals surface area contributed by atoms with Crippen molar-refractivity contribution in [3.63, 3.8) is 0 Å². The molecular formula is C12H26N2O. The lowest BCUT2D eigenvalue weighted by atomic mass is 9.99. The summed E-state index contributed by atoms with van der Waals surface area (Å²) in [4.78, 5) is 2.54. The van der Waals surface area contributed by atoms with Crippen LogP contribution in [0.3, 0.4) is 0 Å². The molecule has 1 aliphatic rings. The Kier molecular flexibility index (Phi) is 4.56. The Hall–Kier alpha value is -0.120. The van der Waals surface area contributed by atoms with E-state index >= 15 is 0 Å². The summed E-state index contributed by atoms with van der Waals surface area (Å²) in [5, 5.41) is 0. The van der Waals surface area contributed by atoms with Crippen LogP contribution < -0.4 is 5.73 Å². The standard InChI is InChI=1S/C12H26N2O/c1-10(7-12(2,3)15-4)14-6-5-11(8-13)9-14/h10-11H,5-9,13H2,1-4H3. The summed E-state index contributed by atoms with van der Waals surface area (Å²) in [5.74, 6) is 0.707. The van der Waals surface area contributed by atoms with E-state index in [-0.39, 0.29) is 5.60 Å². The van der Waals surface area contributed by atoms with Crippen molar-refractivity contribution in [3.05, 3.63) is 0 Å². The van der Waals surface area contributed by atoms with E-state index < -0.39 is 0 Å². The molecule has 1 aliphatic heterocycles. The molecule has 2 atom stereocenters. The van der Waals surface area contributed by atoms with E-state index in [2.05, 4.69) is 25.7 Å². The highest BCUT2D eigenvalue weighted by atomic mass is 16.5. The fourth-order valence-electron chi connectivity index (χ4n) is 2.38. The molecule has 0 amide bonds. The molecule has 2 unspecified atom stereocenters. The first-order valence-electron chi connectivity index (χ1n) is 5.98. The molecule has 0 radical (unpaired) electrons. The first kappa shape index (κ1) is 12.9. The topological polar surface area (TPSA) is 38.5 Å². The molecule has 90 valence electrons. The van der Waals surface area contributed by atoms with Gasteiger partial charge in [-0.1, -0.05) is 0 Å². The van der Waals surface area contributed by atoms with Crippen molar-refractivity contribution in [2.45, 2.75) is 45.3 Å². The lowest BCUT2D eigenvalue weighted by Gasteiger charge is -2.32. The predicted molar refractivity (Wildman–Crippen MR) is 63.9 cm³/mol. The maximum Gasteiger partial charge on any atom is 0.0637 e. The third-order valence-electron chi connectivity index (χ3n) is 3.61. The highest BCUT2D eigenvalue weighted by Gasteiger charge is 2.29. The van der Waals surface area contributed by atoms with Gasteiger partial charge in [-0.25, -0.2) is 0 Å². The minimum absolute atomic E-state index is 0.0137. The van der Waals surface area contributed by atoms with Gasteiger partial charge >= 0.3 is 0 Å². The van der Waals surface area contributed by atoms with Gasteiger partial charge in [0.25, 0.3) is 0 Å². The average Bonchev–Trinajstić information content (AvgIpc) is 2.65. The minimum atomic E-state index is -0.0137. The number of methoxy groups -OCH3 is 1. The molecule has 0 aromatic carbocycles. The Bertz CT molecular complexity index is 194. The lowest BCUT2D eigenvalue weighted by Crippen LogP contribution is -2.38. The van der Waals surface area contributed by atoms with Gasteiger partial charge in [-0.3, -0.25) is 0 Å². The van der Waals surface area contributed by atoms with Crippen LogP contribution in [0.5, 0.6) is 0 Å². The Morgan fingerprint density at radius 1 is 1.53 bits per heavy atom. The molecule has 0 bridgehead atoms. The summed E-state index contributed by atoms with van der Waals surface area (Å²) in [7, 11) is 1.79. The Labute approximate surface area is 94.0 Å². The van der Waals surface area contributed by atoms with Gasteiger partial charge in [0.1, 0.15) is 0 Å². The van der Waals surface area contributed by atoms with Crippen LogP contribution in [0.2, 0.25) is 0 Å². The maximum absolute atomic E-state index is 5.70. The molecule has 2 N–H and O–H groups in total. The molecule has 15 heavy (non-hydrogen) atoms. The van der Waals surface area contributed by atoms with Crippen LogP contribution >= 0.6 is 0 Å². The van der Waals surface area contributed by atoms with Crippen LogP contribution in [0.25, 0.3) is 0 Å². The molecule has 0 aromatic heterocycles. The fourth-order valence-corrected chi connectivity index (χ4v) is 2.38. The quantitative estimate of drug-likeness (QED) is 0.753. The molecule has 0 spiro atoms. The summed E-state index contributed by atoms with van der Waals surface area (Å²) >= 11 is 0. The van der Waals surface area contributed by atoms with E-state index in [9.17, 15) is 0 Å². The van der Waals surface area contributed by atoms with E-state index in [0.29, 0.717) is 12.0 Å². The van der Waals surface area contributed by atoms with Crippen molar-refractivity contribution in [3.8, 4) is 0 Å². The predicted octanol–water partition coefficient (Wildman–Crippen LogP) is 1.47. The van der Waals surface area contributed by atoms with Gasteiger partial charge in [0.05, 0.1) is 5.60 Å². The summed E-state index contributed by atoms with van der Waals surface area (Å²) in [6.07, 6.45) is 2.34. The van der Waals surface area contributed by atoms with Crippen molar-refractivity contribution in [2.24, 2.45) is 11.7 Å². The van der Waals surface area contributed by atoms with Crippen LogP contribution in [-0.4, -0.2) is 43.3 Å². The van der Waals surface area contributed by atoms with Crippen LogP contribution in [0.15, 0.2) is 0 Å². The van der Waals surface area contributed by atoms with E-state index in [4.69, 9.17) is 10.5 Å². The second kappa shape index (κ2) is 5.28. The summed E-state index contributed by atoms with van der Waals surface area (Å²) in [6.45, 7) is 9.79. The van der Waals surface area contributed by atoms with Gasteiger partial charge in [-0.05, 0) is 52.6 Å². The summed E-state index contributed by atoms with van der Waals surface area (Å²) in [6, 6.07) is 0.594. The molecule has 0 aromatic rings.